The molecule has 0 aromatic carbocycles. The molecule has 0 saturated heterocycles. The van der Waals surface area contributed by atoms with Gasteiger partial charge in [-0.3, -0.25) is 19.2 Å². The minimum atomic E-state index is -0.833. The number of rotatable bonds is 0. The average molecular weight is 226 g/mol. The van der Waals surface area contributed by atoms with Crippen LogP contribution in [-0.2, 0) is 19.2 Å². The van der Waals surface area contributed by atoms with E-state index in [-0.39, 0.29) is 6.47 Å². The van der Waals surface area contributed by atoms with Gasteiger partial charge in [-0.1, -0.05) is 0 Å². The lowest BCUT2D eigenvalue weighted by Gasteiger charge is -1.59. The van der Waals surface area contributed by atoms with Crippen molar-refractivity contribution in [1.29, 1.82) is 0 Å². The van der Waals surface area contributed by atoms with Gasteiger partial charge < -0.3 is 20.4 Å². The van der Waals surface area contributed by atoms with Crippen molar-refractivity contribution in [2.45, 2.75) is 20.8 Å². The number of aliphatic carboxylic acids is 3. The maximum Gasteiger partial charge on any atom is 0.300 e. The Kier molecular flexibility index (Phi) is 34.8. The first-order valence-electron chi connectivity index (χ1n) is 3.28. The number of carboxylic acid groups (broad SMARTS) is 4. The van der Waals surface area contributed by atoms with Crippen LogP contribution in [0.2, 0.25) is 0 Å². The summed E-state index contributed by atoms with van der Waals surface area (Å²) < 4.78 is 0. The standard InChI is InChI=1S/3C2H4O2.CH2O2/c3*1-2(3)4;2-1-3/h3*1H3,(H,3,4);1H,(H,2,3). The van der Waals surface area contributed by atoms with E-state index in [4.69, 9.17) is 39.6 Å². The highest BCUT2D eigenvalue weighted by Crippen LogP contribution is 1.42. The molecule has 0 atom stereocenters. The number of hydrogen-bond acceptors (Lipinski definition) is 4. The van der Waals surface area contributed by atoms with Gasteiger partial charge in [-0.2, -0.15) is 0 Å². The van der Waals surface area contributed by atoms with Gasteiger partial charge >= 0.3 is 0 Å². The Morgan fingerprint density at radius 2 is 0.800 bits per heavy atom. The number of carboxylic acids is 3. The lowest BCUT2D eigenvalue weighted by molar-refractivity contribution is -0.135. The second kappa shape index (κ2) is 22.6. The molecule has 0 aromatic heterocycles. The summed E-state index contributed by atoms with van der Waals surface area (Å²) >= 11 is 0. The van der Waals surface area contributed by atoms with Gasteiger partial charge in [0.2, 0.25) is 0 Å². The first-order chi connectivity index (χ1) is 6.61. The molecule has 0 radical (unpaired) electrons. The zero-order valence-electron chi connectivity index (χ0n) is 8.50. The molecular weight excluding hydrogens is 212 g/mol. The van der Waals surface area contributed by atoms with Crippen LogP contribution in [0.1, 0.15) is 20.8 Å². The molecule has 4 N–H and O–H groups in total. The Morgan fingerprint density at radius 1 is 0.800 bits per heavy atom. The van der Waals surface area contributed by atoms with E-state index in [9.17, 15) is 0 Å². The summed E-state index contributed by atoms with van der Waals surface area (Å²) in [6.07, 6.45) is 0. The van der Waals surface area contributed by atoms with Crippen LogP contribution < -0.4 is 0 Å². The third-order valence-electron chi connectivity index (χ3n) is 0. The maximum atomic E-state index is 9.00. The Hall–Kier alpha value is -2.12. The van der Waals surface area contributed by atoms with E-state index < -0.39 is 17.9 Å². The molecule has 0 fully saturated rings. The molecule has 0 heterocycles. The summed E-state index contributed by atoms with van der Waals surface area (Å²) in [6.45, 7) is 3.00. The van der Waals surface area contributed by atoms with Gasteiger partial charge in [0, 0.05) is 20.8 Å². The van der Waals surface area contributed by atoms with E-state index in [1.54, 1.807) is 0 Å². The predicted octanol–water partition coefficient (Wildman–Crippen LogP) is -0.0265. The third-order valence-corrected chi connectivity index (χ3v) is 0. The zero-order chi connectivity index (χ0) is 13.4. The van der Waals surface area contributed by atoms with Crippen LogP contribution >= 0.6 is 0 Å². The summed E-state index contributed by atoms with van der Waals surface area (Å²) in [5.41, 5.74) is 0. The normalized spacial score (nSPS) is 5.80. The molecule has 0 spiro atoms. The molecule has 15 heavy (non-hydrogen) atoms. The van der Waals surface area contributed by atoms with Crippen LogP contribution in [0, 0.1) is 0 Å². The van der Waals surface area contributed by atoms with Crippen molar-refractivity contribution in [1.82, 2.24) is 0 Å². The van der Waals surface area contributed by atoms with Crippen molar-refractivity contribution in [3.05, 3.63) is 0 Å². The van der Waals surface area contributed by atoms with Gasteiger partial charge in [0.15, 0.2) is 0 Å². The van der Waals surface area contributed by atoms with Crippen molar-refractivity contribution in [3.8, 4) is 0 Å². The van der Waals surface area contributed by atoms with E-state index in [1.807, 2.05) is 0 Å². The van der Waals surface area contributed by atoms with E-state index in [2.05, 4.69) is 0 Å². The first kappa shape index (κ1) is 23.1. The monoisotopic (exact) mass is 226 g/mol. The highest BCUT2D eigenvalue weighted by Gasteiger charge is 1.66. The molecule has 8 heteroatoms. The SMILES string of the molecule is CC(=O)O.CC(=O)O.CC(=O)O.O=CO. The topological polar surface area (TPSA) is 149 Å². The molecular formula is C7H14O8. The van der Waals surface area contributed by atoms with Crippen molar-refractivity contribution < 1.29 is 39.6 Å². The maximum absolute atomic E-state index is 9.00. The van der Waals surface area contributed by atoms with Crippen LogP contribution in [0.15, 0.2) is 0 Å². The fourth-order valence-corrected chi connectivity index (χ4v) is 0. The second-order valence-corrected chi connectivity index (χ2v) is 1.66. The van der Waals surface area contributed by atoms with Gasteiger partial charge in [0.25, 0.3) is 24.4 Å². The molecule has 0 rings (SSSR count). The predicted molar refractivity (Wildman–Crippen MR) is 48.6 cm³/mol. The van der Waals surface area contributed by atoms with E-state index >= 15 is 0 Å². The summed E-state index contributed by atoms with van der Waals surface area (Å²) in [4.78, 5) is 35.4. The molecule has 0 saturated carbocycles. The van der Waals surface area contributed by atoms with Gasteiger partial charge in [-0.25, -0.2) is 0 Å². The number of hydrogen-bond donors (Lipinski definition) is 4. The van der Waals surface area contributed by atoms with Crippen LogP contribution in [0.5, 0.6) is 0 Å². The molecule has 0 bridgehead atoms. The molecule has 90 valence electrons. The van der Waals surface area contributed by atoms with E-state index in [0.717, 1.165) is 20.8 Å². The van der Waals surface area contributed by atoms with Crippen LogP contribution in [0.3, 0.4) is 0 Å². The van der Waals surface area contributed by atoms with Gasteiger partial charge in [0.05, 0.1) is 0 Å². The first-order valence-corrected chi connectivity index (χ1v) is 3.28. The summed E-state index contributed by atoms with van der Waals surface area (Å²) in [6, 6.07) is 0. The Balaban J connectivity index is -0.0000000542. The molecule has 8 nitrogen and oxygen atoms in total. The Morgan fingerprint density at radius 3 is 0.800 bits per heavy atom. The van der Waals surface area contributed by atoms with Gasteiger partial charge in [-0.15, -0.1) is 0 Å². The minimum absolute atomic E-state index is 0.250. The van der Waals surface area contributed by atoms with Crippen molar-refractivity contribution >= 4 is 24.4 Å². The largest absolute Gasteiger partial charge is 0.483 e. The smallest absolute Gasteiger partial charge is 0.300 e. The molecule has 0 aliphatic heterocycles. The summed E-state index contributed by atoms with van der Waals surface area (Å²) in [5, 5.41) is 29.1. The Labute approximate surface area is 85.8 Å². The molecule has 0 amide bonds. The lowest BCUT2D eigenvalue weighted by atomic mass is 10.9. The molecule has 0 aliphatic carbocycles. The number of carbonyl (C=O) groups is 4. The fourth-order valence-electron chi connectivity index (χ4n) is 0. The fraction of sp³-hybridized carbons (Fsp3) is 0.429. The average Bonchev–Trinajstić information content (AvgIpc) is 1.81. The third kappa shape index (κ3) is 258. The van der Waals surface area contributed by atoms with Gasteiger partial charge in [-0.05, 0) is 0 Å². The van der Waals surface area contributed by atoms with E-state index in [1.165, 1.54) is 0 Å². The van der Waals surface area contributed by atoms with Crippen LogP contribution in [0.4, 0.5) is 0 Å². The zero-order valence-corrected chi connectivity index (χ0v) is 8.50. The lowest BCUT2D eigenvalue weighted by Crippen LogP contribution is -1.78. The quantitative estimate of drug-likeness (QED) is 0.420. The Bertz CT molecular complexity index is 145. The highest BCUT2D eigenvalue weighted by molar-refractivity contribution is 5.63. The van der Waals surface area contributed by atoms with Crippen LogP contribution in [-0.4, -0.2) is 44.8 Å². The molecule has 0 aliphatic rings. The van der Waals surface area contributed by atoms with Crippen LogP contribution in [0.25, 0.3) is 0 Å². The highest BCUT2D eigenvalue weighted by atomic mass is 16.4. The van der Waals surface area contributed by atoms with Crippen molar-refractivity contribution in [2.75, 3.05) is 0 Å². The summed E-state index contributed by atoms with van der Waals surface area (Å²) in [5.74, 6) is -2.50. The summed E-state index contributed by atoms with van der Waals surface area (Å²) in [7, 11) is 0. The minimum Gasteiger partial charge on any atom is -0.483 e. The van der Waals surface area contributed by atoms with Crippen molar-refractivity contribution in [3.63, 3.8) is 0 Å². The van der Waals surface area contributed by atoms with Crippen molar-refractivity contribution in [2.24, 2.45) is 0 Å². The second-order valence-electron chi connectivity index (χ2n) is 1.66. The molecule has 0 unspecified atom stereocenters. The van der Waals surface area contributed by atoms with Gasteiger partial charge in [0.1, 0.15) is 0 Å². The van der Waals surface area contributed by atoms with E-state index in [0.29, 0.717) is 0 Å². The molecule has 0 aromatic rings.